The largest absolute Gasteiger partial charge is 0.335 e. The molecule has 1 amide bonds. The topological polar surface area (TPSA) is 32.3 Å². The van der Waals surface area contributed by atoms with Crippen molar-refractivity contribution in [3.8, 4) is 0 Å². The van der Waals surface area contributed by atoms with Crippen molar-refractivity contribution in [2.24, 2.45) is 0 Å². The van der Waals surface area contributed by atoms with Gasteiger partial charge in [0.15, 0.2) is 0 Å². The van der Waals surface area contributed by atoms with E-state index in [1.54, 1.807) is 11.3 Å². The second kappa shape index (κ2) is 5.90. The molecule has 0 spiro atoms. The first kappa shape index (κ1) is 14.3. The van der Waals surface area contributed by atoms with Gasteiger partial charge in [0.2, 0.25) is 0 Å². The van der Waals surface area contributed by atoms with Gasteiger partial charge in [0.1, 0.15) is 0 Å². The lowest BCUT2D eigenvalue weighted by atomic mass is 10.1. The third-order valence-corrected chi connectivity index (χ3v) is 4.70. The van der Waals surface area contributed by atoms with E-state index in [0.717, 1.165) is 36.6 Å². The van der Waals surface area contributed by atoms with Crippen LogP contribution in [0.25, 0.3) is 10.1 Å². The molecule has 3 nitrogen and oxygen atoms in total. The summed E-state index contributed by atoms with van der Waals surface area (Å²) in [6.07, 6.45) is 0. The van der Waals surface area contributed by atoms with Gasteiger partial charge < -0.3 is 10.2 Å². The number of nitrogens with zero attached hydrogens (tertiary/aromatic N) is 1. The normalized spacial score (nSPS) is 15.3. The van der Waals surface area contributed by atoms with E-state index >= 15 is 0 Å². The highest BCUT2D eigenvalue weighted by atomic mass is 35.5. The summed E-state index contributed by atoms with van der Waals surface area (Å²) in [5.74, 6) is 0.190. The average molecular weight is 297 g/mol. The number of fused-ring (bicyclic) bond motifs is 1. The molecule has 0 aliphatic carbocycles. The van der Waals surface area contributed by atoms with Gasteiger partial charge in [-0.3, -0.25) is 4.79 Å². The molecular formula is C14H17ClN2OS. The van der Waals surface area contributed by atoms with Crippen molar-refractivity contribution < 1.29 is 4.79 Å². The Morgan fingerprint density at radius 1 is 1.26 bits per heavy atom. The predicted molar refractivity (Wildman–Crippen MR) is 82.6 cm³/mol. The van der Waals surface area contributed by atoms with Crippen LogP contribution in [0, 0.1) is 6.92 Å². The molecule has 1 fully saturated rings. The highest BCUT2D eigenvalue weighted by Crippen LogP contribution is 2.31. The van der Waals surface area contributed by atoms with Gasteiger partial charge in [-0.2, -0.15) is 0 Å². The number of carbonyl (C=O) groups excluding carboxylic acids is 1. The minimum Gasteiger partial charge on any atom is -0.335 e. The van der Waals surface area contributed by atoms with Crippen molar-refractivity contribution in [1.82, 2.24) is 10.2 Å². The van der Waals surface area contributed by atoms with Crippen LogP contribution in [0.4, 0.5) is 0 Å². The number of carbonyl (C=O) groups is 1. The van der Waals surface area contributed by atoms with Crippen LogP contribution >= 0.6 is 23.7 Å². The fraction of sp³-hybridized carbons (Fsp3) is 0.357. The molecule has 1 aliphatic rings. The molecule has 0 bridgehead atoms. The minimum absolute atomic E-state index is 0. The molecule has 5 heteroatoms. The molecule has 0 radical (unpaired) electrons. The van der Waals surface area contributed by atoms with Crippen molar-refractivity contribution in [2.45, 2.75) is 6.92 Å². The van der Waals surface area contributed by atoms with Gasteiger partial charge in [-0.05, 0) is 23.9 Å². The van der Waals surface area contributed by atoms with Crippen LogP contribution in [-0.2, 0) is 0 Å². The SMILES string of the molecule is Cc1c(C(=O)N2CCNCC2)sc2ccccc12.Cl. The van der Waals surface area contributed by atoms with Crippen LogP contribution in [0.15, 0.2) is 24.3 Å². The van der Waals surface area contributed by atoms with Crippen LogP contribution in [0.5, 0.6) is 0 Å². The molecular weight excluding hydrogens is 280 g/mol. The van der Waals surface area contributed by atoms with E-state index in [2.05, 4.69) is 17.4 Å². The van der Waals surface area contributed by atoms with E-state index < -0.39 is 0 Å². The third-order valence-electron chi connectivity index (χ3n) is 3.44. The number of halogens is 1. The Hall–Kier alpha value is -1.10. The Morgan fingerprint density at radius 2 is 1.95 bits per heavy atom. The minimum atomic E-state index is 0. The first-order chi connectivity index (χ1) is 8.77. The molecule has 0 saturated carbocycles. The second-order valence-electron chi connectivity index (χ2n) is 4.59. The zero-order valence-corrected chi connectivity index (χ0v) is 12.4. The quantitative estimate of drug-likeness (QED) is 0.877. The standard InChI is InChI=1S/C14H16N2OS.ClH/c1-10-11-4-2-3-5-12(11)18-13(10)14(17)16-8-6-15-7-9-16;/h2-5,15H,6-9H2,1H3;1H. The monoisotopic (exact) mass is 296 g/mol. The highest BCUT2D eigenvalue weighted by molar-refractivity contribution is 7.21. The van der Waals surface area contributed by atoms with E-state index in [-0.39, 0.29) is 18.3 Å². The van der Waals surface area contributed by atoms with Crippen molar-refractivity contribution in [3.05, 3.63) is 34.7 Å². The van der Waals surface area contributed by atoms with Crippen molar-refractivity contribution in [1.29, 1.82) is 0 Å². The van der Waals surface area contributed by atoms with Crippen LogP contribution in [-0.4, -0.2) is 37.0 Å². The zero-order chi connectivity index (χ0) is 12.5. The number of piperazine rings is 1. The highest BCUT2D eigenvalue weighted by Gasteiger charge is 2.22. The number of hydrogen-bond acceptors (Lipinski definition) is 3. The number of amides is 1. The summed E-state index contributed by atoms with van der Waals surface area (Å²) >= 11 is 1.61. The molecule has 2 aromatic rings. The molecule has 0 unspecified atom stereocenters. The first-order valence-corrected chi connectivity index (χ1v) is 7.07. The molecule has 1 saturated heterocycles. The Bertz CT molecular complexity index is 590. The van der Waals surface area contributed by atoms with Crippen molar-refractivity contribution in [2.75, 3.05) is 26.2 Å². The number of thiophene rings is 1. The maximum Gasteiger partial charge on any atom is 0.264 e. The summed E-state index contributed by atoms with van der Waals surface area (Å²) in [7, 11) is 0. The van der Waals surface area contributed by atoms with Crippen molar-refractivity contribution >= 4 is 39.7 Å². The van der Waals surface area contributed by atoms with E-state index in [9.17, 15) is 4.79 Å². The van der Waals surface area contributed by atoms with Gasteiger partial charge in [-0.25, -0.2) is 0 Å². The number of aryl methyl sites for hydroxylation is 1. The fourth-order valence-electron chi connectivity index (χ4n) is 2.39. The lowest BCUT2D eigenvalue weighted by Gasteiger charge is -2.27. The van der Waals surface area contributed by atoms with Crippen LogP contribution in [0.3, 0.4) is 0 Å². The van der Waals surface area contributed by atoms with E-state index in [0.29, 0.717) is 0 Å². The molecule has 1 N–H and O–H groups in total. The molecule has 1 aliphatic heterocycles. The summed E-state index contributed by atoms with van der Waals surface area (Å²) in [5, 5.41) is 4.48. The zero-order valence-electron chi connectivity index (χ0n) is 10.8. The molecule has 1 aromatic heterocycles. The van der Waals surface area contributed by atoms with Crippen LogP contribution < -0.4 is 5.32 Å². The molecule has 1 aromatic carbocycles. The number of nitrogens with one attached hydrogen (secondary N) is 1. The fourth-order valence-corrected chi connectivity index (χ4v) is 3.57. The summed E-state index contributed by atoms with van der Waals surface area (Å²) in [4.78, 5) is 15.4. The number of hydrogen-bond donors (Lipinski definition) is 1. The Morgan fingerprint density at radius 3 is 2.63 bits per heavy atom. The van der Waals surface area contributed by atoms with Gasteiger partial charge in [0.25, 0.3) is 5.91 Å². The first-order valence-electron chi connectivity index (χ1n) is 6.25. The molecule has 19 heavy (non-hydrogen) atoms. The molecule has 0 atom stereocenters. The van der Waals surface area contributed by atoms with Gasteiger partial charge in [0.05, 0.1) is 4.88 Å². The smallest absolute Gasteiger partial charge is 0.264 e. The van der Waals surface area contributed by atoms with E-state index in [4.69, 9.17) is 0 Å². The average Bonchev–Trinajstić information content (AvgIpc) is 2.77. The summed E-state index contributed by atoms with van der Waals surface area (Å²) < 4.78 is 1.20. The Labute approximate surface area is 123 Å². The van der Waals surface area contributed by atoms with E-state index in [1.807, 2.05) is 24.0 Å². The second-order valence-corrected chi connectivity index (χ2v) is 5.65. The third kappa shape index (κ3) is 2.61. The van der Waals surface area contributed by atoms with Crippen molar-refractivity contribution in [3.63, 3.8) is 0 Å². The van der Waals surface area contributed by atoms with Crippen LogP contribution in [0.2, 0.25) is 0 Å². The van der Waals surface area contributed by atoms with Gasteiger partial charge in [-0.15, -0.1) is 23.7 Å². The summed E-state index contributed by atoms with van der Waals surface area (Å²) in [5.41, 5.74) is 1.12. The summed E-state index contributed by atoms with van der Waals surface area (Å²) in [6.45, 7) is 5.47. The maximum atomic E-state index is 12.5. The number of rotatable bonds is 1. The van der Waals surface area contributed by atoms with Gasteiger partial charge >= 0.3 is 0 Å². The lowest BCUT2D eigenvalue weighted by Crippen LogP contribution is -2.46. The molecule has 2 heterocycles. The van der Waals surface area contributed by atoms with Gasteiger partial charge in [-0.1, -0.05) is 18.2 Å². The van der Waals surface area contributed by atoms with Gasteiger partial charge in [0, 0.05) is 30.9 Å². The maximum absolute atomic E-state index is 12.5. The number of benzene rings is 1. The molecule has 3 rings (SSSR count). The predicted octanol–water partition coefficient (Wildman–Crippen LogP) is 2.68. The Balaban J connectivity index is 0.00000133. The van der Waals surface area contributed by atoms with Crippen LogP contribution in [0.1, 0.15) is 15.2 Å². The van der Waals surface area contributed by atoms with E-state index in [1.165, 1.54) is 10.1 Å². The molecule has 102 valence electrons. The lowest BCUT2D eigenvalue weighted by molar-refractivity contribution is 0.0740. The Kier molecular flexibility index (Phi) is 4.45. The summed E-state index contributed by atoms with van der Waals surface area (Å²) in [6, 6.07) is 8.23.